The van der Waals surface area contributed by atoms with Gasteiger partial charge in [-0.05, 0) is 46.4 Å². The first kappa shape index (κ1) is 15.9. The molecule has 0 radical (unpaired) electrons. The summed E-state index contributed by atoms with van der Waals surface area (Å²) in [6, 6.07) is 5.88. The smallest absolute Gasteiger partial charge is 0.226 e. The molecule has 2 fully saturated rings. The van der Waals surface area contributed by atoms with E-state index >= 15 is 0 Å². The molecule has 2 aromatic heterocycles. The predicted molar refractivity (Wildman–Crippen MR) is 91.4 cm³/mol. The van der Waals surface area contributed by atoms with Crippen molar-refractivity contribution in [3.8, 4) is 0 Å². The van der Waals surface area contributed by atoms with Crippen LogP contribution >= 0.6 is 11.3 Å². The molecule has 0 saturated carbocycles. The Labute approximate surface area is 145 Å². The molecule has 2 aliphatic rings. The highest BCUT2D eigenvalue weighted by Crippen LogP contribution is 2.35. The van der Waals surface area contributed by atoms with Crippen molar-refractivity contribution in [2.45, 2.75) is 13.1 Å². The van der Waals surface area contributed by atoms with Crippen molar-refractivity contribution in [1.82, 2.24) is 10.2 Å². The van der Waals surface area contributed by atoms with Crippen LogP contribution in [0.15, 0.2) is 39.6 Å². The van der Waals surface area contributed by atoms with E-state index in [9.17, 15) is 4.79 Å². The summed E-state index contributed by atoms with van der Waals surface area (Å²) in [4.78, 5) is 15.1. The van der Waals surface area contributed by atoms with Gasteiger partial charge in [0.2, 0.25) is 5.91 Å². The second-order valence-corrected chi connectivity index (χ2v) is 7.47. The molecule has 2 saturated heterocycles. The first-order valence-electron chi connectivity index (χ1n) is 8.41. The van der Waals surface area contributed by atoms with Gasteiger partial charge in [-0.2, -0.15) is 11.3 Å². The zero-order chi connectivity index (χ0) is 16.4. The van der Waals surface area contributed by atoms with Crippen LogP contribution in [0.5, 0.6) is 0 Å². The van der Waals surface area contributed by atoms with Crippen LogP contribution in [-0.4, -0.2) is 37.1 Å². The first-order valence-corrected chi connectivity index (χ1v) is 9.35. The Hall–Kier alpha value is -1.63. The topological polar surface area (TPSA) is 54.7 Å². The zero-order valence-electron chi connectivity index (χ0n) is 13.5. The third-order valence-corrected chi connectivity index (χ3v) is 5.79. The van der Waals surface area contributed by atoms with Crippen LogP contribution in [0.25, 0.3) is 0 Å². The number of rotatable bonds is 5. The largest absolute Gasteiger partial charge is 0.467 e. The highest BCUT2D eigenvalue weighted by Gasteiger charge is 2.43. The Kier molecular flexibility index (Phi) is 4.69. The highest BCUT2D eigenvalue weighted by molar-refractivity contribution is 7.07. The van der Waals surface area contributed by atoms with Crippen LogP contribution in [0.3, 0.4) is 0 Å². The number of nitrogens with one attached hydrogen (secondary N) is 1. The number of hydrogen-bond acceptors (Lipinski definition) is 5. The molecule has 0 bridgehead atoms. The van der Waals surface area contributed by atoms with Crippen LogP contribution in [0.2, 0.25) is 0 Å². The average Bonchev–Trinajstić information content (AvgIpc) is 3.33. The Morgan fingerprint density at radius 1 is 1.33 bits per heavy atom. The lowest BCUT2D eigenvalue weighted by atomic mass is 9.82. The van der Waals surface area contributed by atoms with Crippen molar-refractivity contribution in [2.24, 2.45) is 17.8 Å². The molecular weight excluding hydrogens is 324 g/mol. The lowest BCUT2D eigenvalue weighted by Gasteiger charge is -2.31. The summed E-state index contributed by atoms with van der Waals surface area (Å²) in [7, 11) is 0. The van der Waals surface area contributed by atoms with Crippen LogP contribution in [0.1, 0.15) is 11.3 Å². The Morgan fingerprint density at radius 3 is 3.08 bits per heavy atom. The number of amides is 1. The average molecular weight is 346 g/mol. The molecule has 128 valence electrons. The van der Waals surface area contributed by atoms with Gasteiger partial charge in [-0.15, -0.1) is 0 Å². The summed E-state index contributed by atoms with van der Waals surface area (Å²) in [5.41, 5.74) is 1.36. The first-order chi connectivity index (χ1) is 11.8. The number of furan rings is 1. The van der Waals surface area contributed by atoms with Crippen molar-refractivity contribution < 1.29 is 13.9 Å². The lowest BCUT2D eigenvalue weighted by molar-refractivity contribution is -0.133. The molecule has 1 N–H and O–H groups in total. The van der Waals surface area contributed by atoms with Crippen molar-refractivity contribution in [3.05, 3.63) is 46.5 Å². The van der Waals surface area contributed by atoms with Gasteiger partial charge in [0.25, 0.3) is 0 Å². The van der Waals surface area contributed by atoms with E-state index in [-0.39, 0.29) is 11.8 Å². The van der Waals surface area contributed by atoms with E-state index in [0.717, 1.165) is 32.0 Å². The molecule has 2 aliphatic heterocycles. The second kappa shape index (κ2) is 7.09. The van der Waals surface area contributed by atoms with Crippen LogP contribution in [0.4, 0.5) is 0 Å². The highest BCUT2D eigenvalue weighted by atomic mass is 32.1. The quantitative estimate of drug-likeness (QED) is 0.903. The maximum absolute atomic E-state index is 12.6. The maximum Gasteiger partial charge on any atom is 0.226 e. The van der Waals surface area contributed by atoms with Crippen molar-refractivity contribution in [3.63, 3.8) is 0 Å². The van der Waals surface area contributed by atoms with Gasteiger partial charge >= 0.3 is 0 Å². The van der Waals surface area contributed by atoms with Crippen LogP contribution in [-0.2, 0) is 22.6 Å². The third-order valence-electron chi connectivity index (χ3n) is 5.05. The minimum Gasteiger partial charge on any atom is -0.467 e. The fourth-order valence-electron chi connectivity index (χ4n) is 3.85. The van der Waals surface area contributed by atoms with Gasteiger partial charge in [-0.1, -0.05) is 0 Å². The van der Waals surface area contributed by atoms with Crippen LogP contribution in [0, 0.1) is 17.8 Å². The molecule has 0 aliphatic carbocycles. The van der Waals surface area contributed by atoms with Crippen molar-refractivity contribution in [2.75, 3.05) is 26.3 Å². The van der Waals surface area contributed by atoms with Gasteiger partial charge in [-0.3, -0.25) is 9.69 Å². The molecular formula is C18H22N2O3S. The third kappa shape index (κ3) is 3.41. The number of hydrogen-bond donors (Lipinski definition) is 1. The maximum atomic E-state index is 12.6. The minimum atomic E-state index is -0.0637. The van der Waals surface area contributed by atoms with Gasteiger partial charge in [0.1, 0.15) is 5.76 Å². The van der Waals surface area contributed by atoms with E-state index in [0.29, 0.717) is 25.0 Å². The molecule has 3 atom stereocenters. The molecule has 0 aromatic carbocycles. The lowest BCUT2D eigenvalue weighted by Crippen LogP contribution is -2.44. The Morgan fingerprint density at radius 2 is 2.29 bits per heavy atom. The number of likely N-dealkylation sites (tertiary alicyclic amines) is 1. The number of carbonyl (C=O) groups is 1. The summed E-state index contributed by atoms with van der Waals surface area (Å²) in [6.45, 7) is 4.70. The van der Waals surface area contributed by atoms with Crippen LogP contribution < -0.4 is 5.32 Å². The predicted octanol–water partition coefficient (Wildman–Crippen LogP) is 2.35. The molecule has 0 spiro atoms. The summed E-state index contributed by atoms with van der Waals surface area (Å²) in [5, 5.41) is 7.32. The van der Waals surface area contributed by atoms with E-state index in [4.69, 9.17) is 9.15 Å². The molecule has 1 amide bonds. The van der Waals surface area contributed by atoms with E-state index in [2.05, 4.69) is 27.0 Å². The van der Waals surface area contributed by atoms with Gasteiger partial charge in [0, 0.05) is 19.6 Å². The molecule has 5 nitrogen and oxygen atoms in total. The van der Waals surface area contributed by atoms with E-state index in [1.54, 1.807) is 17.6 Å². The summed E-state index contributed by atoms with van der Waals surface area (Å²) < 4.78 is 11.0. The Bertz CT molecular complexity index is 656. The van der Waals surface area contributed by atoms with E-state index in [1.807, 2.05) is 12.1 Å². The van der Waals surface area contributed by atoms with Crippen molar-refractivity contribution in [1.29, 1.82) is 0 Å². The fourth-order valence-corrected chi connectivity index (χ4v) is 4.51. The van der Waals surface area contributed by atoms with Gasteiger partial charge in [0.05, 0.1) is 31.9 Å². The standard InChI is InChI=1S/C18H22N2O3S/c21-18(19-6-15-2-1-4-23-15)17-11-22-10-14-8-20(9-16(14)17)7-13-3-5-24-12-13/h1-5,12,14,16-17H,6-11H2,(H,19,21)/t14-,16-,17+/m0/s1. The number of fused-ring (bicyclic) bond motifs is 1. The summed E-state index contributed by atoms with van der Waals surface area (Å²) >= 11 is 1.73. The molecule has 24 heavy (non-hydrogen) atoms. The van der Waals surface area contributed by atoms with Gasteiger partial charge in [-0.25, -0.2) is 0 Å². The molecule has 2 aromatic rings. The van der Waals surface area contributed by atoms with E-state index < -0.39 is 0 Å². The number of thiophene rings is 1. The fraction of sp³-hybridized carbons (Fsp3) is 0.500. The SMILES string of the molecule is O=C(NCc1ccco1)[C@@H]1COC[C@@H]2CN(Cc3ccsc3)C[C@@H]21. The molecule has 4 rings (SSSR count). The number of nitrogens with zero attached hydrogens (tertiary/aromatic N) is 1. The molecule has 6 heteroatoms. The number of carbonyl (C=O) groups excluding carboxylic acids is 1. The number of ether oxygens (including phenoxy) is 1. The van der Waals surface area contributed by atoms with Gasteiger partial charge in [0.15, 0.2) is 0 Å². The molecule has 4 heterocycles. The summed E-state index contributed by atoms with van der Waals surface area (Å²) in [5.74, 6) is 1.64. The van der Waals surface area contributed by atoms with E-state index in [1.165, 1.54) is 5.56 Å². The zero-order valence-corrected chi connectivity index (χ0v) is 14.3. The molecule has 0 unspecified atom stereocenters. The summed E-state index contributed by atoms with van der Waals surface area (Å²) in [6.07, 6.45) is 1.63. The minimum absolute atomic E-state index is 0.0637. The Balaban J connectivity index is 1.36. The van der Waals surface area contributed by atoms with Crippen molar-refractivity contribution >= 4 is 17.2 Å². The monoisotopic (exact) mass is 346 g/mol. The second-order valence-electron chi connectivity index (χ2n) is 6.69. The normalized spacial score (nSPS) is 27.1. The van der Waals surface area contributed by atoms with Gasteiger partial charge < -0.3 is 14.5 Å².